The van der Waals surface area contributed by atoms with Gasteiger partial charge in [0.2, 0.25) is 0 Å². The van der Waals surface area contributed by atoms with Gasteiger partial charge in [0.05, 0.1) is 0 Å². The van der Waals surface area contributed by atoms with Gasteiger partial charge in [-0.05, 0) is 35.4 Å². The van der Waals surface area contributed by atoms with Crippen LogP contribution >= 0.6 is 0 Å². The summed E-state index contributed by atoms with van der Waals surface area (Å²) < 4.78 is 5.33. The molecule has 0 radical (unpaired) electrons. The summed E-state index contributed by atoms with van der Waals surface area (Å²) in [7, 11) is 0. The van der Waals surface area contributed by atoms with Crippen molar-refractivity contribution in [2.45, 2.75) is 19.0 Å². The van der Waals surface area contributed by atoms with Crippen molar-refractivity contribution < 1.29 is 9.21 Å². The lowest BCUT2D eigenvalue weighted by Crippen LogP contribution is -2.25. The lowest BCUT2D eigenvalue weighted by Gasteiger charge is -2.19. The Bertz CT molecular complexity index is 1170. The first kappa shape index (κ1) is 18.8. The van der Waals surface area contributed by atoms with Gasteiger partial charge in [-0.3, -0.25) is 9.78 Å². The molecule has 1 N–H and O–H groups in total. The molecule has 4 rings (SSSR count). The zero-order valence-electron chi connectivity index (χ0n) is 15.7. The monoisotopic (exact) mass is 384 g/mol. The average molecular weight is 384 g/mol. The van der Waals surface area contributed by atoms with Crippen molar-refractivity contribution >= 4 is 16.8 Å². The Labute approximate surface area is 168 Å². The molecule has 0 amide bonds. The Kier molecular flexibility index (Phi) is 5.59. The van der Waals surface area contributed by atoms with E-state index in [0.29, 0.717) is 12.1 Å². The molecule has 0 bridgehead atoms. The van der Waals surface area contributed by atoms with Crippen LogP contribution in [0.15, 0.2) is 94.4 Å². The molecule has 1 atom stereocenters. The predicted molar refractivity (Wildman–Crippen MR) is 112 cm³/mol. The third-order valence-corrected chi connectivity index (χ3v) is 4.84. The second-order valence-electron chi connectivity index (χ2n) is 6.81. The van der Waals surface area contributed by atoms with Crippen molar-refractivity contribution in [2.24, 2.45) is 0 Å². The van der Waals surface area contributed by atoms with E-state index < -0.39 is 5.63 Å². The number of hydrogen-bond donors (Lipinski definition) is 1. The summed E-state index contributed by atoms with van der Waals surface area (Å²) in [5.41, 5.74) is 2.01. The topological polar surface area (TPSA) is 72.2 Å². The maximum atomic E-state index is 13.0. The summed E-state index contributed by atoms with van der Waals surface area (Å²) in [5, 5.41) is 4.16. The lowest BCUT2D eigenvalue weighted by atomic mass is 9.98. The van der Waals surface area contributed by atoms with Crippen LogP contribution in [0.3, 0.4) is 0 Å². The number of nitrogens with zero attached hydrogens (tertiary/aromatic N) is 1. The second kappa shape index (κ2) is 8.63. The van der Waals surface area contributed by atoms with Crippen LogP contribution in [0.5, 0.6) is 0 Å². The van der Waals surface area contributed by atoms with Gasteiger partial charge >= 0.3 is 5.63 Å². The van der Waals surface area contributed by atoms with E-state index in [4.69, 9.17) is 4.42 Å². The third-order valence-electron chi connectivity index (χ3n) is 4.84. The number of para-hydroxylation sites is 1. The highest BCUT2D eigenvalue weighted by Crippen LogP contribution is 2.21. The highest BCUT2D eigenvalue weighted by atomic mass is 16.4. The molecule has 2 aromatic carbocycles. The summed E-state index contributed by atoms with van der Waals surface area (Å²) in [4.78, 5) is 29.4. The molecule has 0 aliphatic rings. The van der Waals surface area contributed by atoms with Crippen molar-refractivity contribution in [1.82, 2.24) is 10.3 Å². The SMILES string of the molecule is O=C(C[C@@H](NCc1ccncc1)c1ccccc1)c1cc2ccccc2oc1=O. The van der Waals surface area contributed by atoms with E-state index in [2.05, 4.69) is 10.3 Å². The number of ketones is 1. The van der Waals surface area contributed by atoms with E-state index in [0.717, 1.165) is 16.5 Å². The minimum absolute atomic E-state index is 0.0790. The summed E-state index contributed by atoms with van der Waals surface area (Å²) in [5.74, 6) is -0.249. The van der Waals surface area contributed by atoms with E-state index in [1.807, 2.05) is 54.6 Å². The highest BCUT2D eigenvalue weighted by Gasteiger charge is 2.20. The molecule has 5 nitrogen and oxygen atoms in total. The van der Waals surface area contributed by atoms with Gasteiger partial charge in [0.15, 0.2) is 5.78 Å². The van der Waals surface area contributed by atoms with Gasteiger partial charge in [-0.1, -0.05) is 48.5 Å². The van der Waals surface area contributed by atoms with E-state index in [-0.39, 0.29) is 23.8 Å². The Morgan fingerprint density at radius 2 is 1.69 bits per heavy atom. The maximum absolute atomic E-state index is 13.0. The van der Waals surface area contributed by atoms with Gasteiger partial charge in [-0.15, -0.1) is 0 Å². The van der Waals surface area contributed by atoms with Crippen LogP contribution in [0.25, 0.3) is 11.0 Å². The van der Waals surface area contributed by atoms with E-state index in [1.165, 1.54) is 0 Å². The summed E-state index contributed by atoms with van der Waals surface area (Å²) in [6.45, 7) is 0.585. The number of nitrogens with one attached hydrogen (secondary N) is 1. The van der Waals surface area contributed by atoms with E-state index >= 15 is 0 Å². The molecular formula is C24H20N2O3. The van der Waals surface area contributed by atoms with Gasteiger partial charge in [0, 0.05) is 36.8 Å². The number of carbonyl (C=O) groups is 1. The number of Topliss-reactive ketones (excluding diaryl/α,β-unsaturated/α-hetero) is 1. The summed E-state index contributed by atoms with van der Waals surface area (Å²) in [6, 6.07) is 22.2. The normalized spacial score (nSPS) is 12.0. The molecule has 29 heavy (non-hydrogen) atoms. The molecule has 4 aromatic rings. The van der Waals surface area contributed by atoms with Crippen LogP contribution in [0.2, 0.25) is 0 Å². The third kappa shape index (κ3) is 4.47. The molecule has 0 unspecified atom stereocenters. The first-order valence-corrected chi connectivity index (χ1v) is 9.44. The number of aromatic nitrogens is 1. The van der Waals surface area contributed by atoms with Crippen molar-refractivity contribution in [2.75, 3.05) is 0 Å². The standard InChI is InChI=1S/C24H20N2O3/c27-22(20-14-19-8-4-5-9-23(19)29-24(20)28)15-21(18-6-2-1-3-7-18)26-16-17-10-12-25-13-11-17/h1-14,21,26H,15-16H2/t21-/m1/s1. The molecular weight excluding hydrogens is 364 g/mol. The molecule has 0 saturated carbocycles. The van der Waals surface area contributed by atoms with Crippen molar-refractivity contribution in [3.63, 3.8) is 0 Å². The van der Waals surface area contributed by atoms with Crippen LogP contribution in [-0.2, 0) is 6.54 Å². The first-order valence-electron chi connectivity index (χ1n) is 9.44. The minimum Gasteiger partial charge on any atom is -0.422 e. The van der Waals surface area contributed by atoms with Crippen LogP contribution in [-0.4, -0.2) is 10.8 Å². The molecule has 2 heterocycles. The highest BCUT2D eigenvalue weighted by molar-refractivity contribution is 5.98. The molecule has 0 spiro atoms. The number of benzene rings is 2. The number of pyridine rings is 1. The molecule has 5 heteroatoms. The fourth-order valence-electron chi connectivity index (χ4n) is 3.29. The second-order valence-corrected chi connectivity index (χ2v) is 6.81. The lowest BCUT2D eigenvalue weighted by molar-refractivity contribution is 0.0964. The molecule has 0 fully saturated rings. The quantitative estimate of drug-likeness (QED) is 0.380. The van der Waals surface area contributed by atoms with E-state index in [9.17, 15) is 9.59 Å². The number of carbonyl (C=O) groups excluding carboxylic acids is 1. The van der Waals surface area contributed by atoms with Crippen LogP contribution in [0.1, 0.15) is 33.9 Å². The zero-order chi connectivity index (χ0) is 20.1. The van der Waals surface area contributed by atoms with Crippen molar-refractivity contribution in [3.8, 4) is 0 Å². The zero-order valence-corrected chi connectivity index (χ0v) is 15.7. The van der Waals surface area contributed by atoms with Crippen LogP contribution in [0, 0.1) is 0 Å². The molecule has 144 valence electrons. The number of hydrogen-bond acceptors (Lipinski definition) is 5. The Hall–Kier alpha value is -3.57. The smallest absolute Gasteiger partial charge is 0.347 e. The summed E-state index contributed by atoms with van der Waals surface area (Å²) in [6.07, 6.45) is 3.62. The predicted octanol–water partition coefficient (Wildman–Crippen LogP) is 4.29. The van der Waals surface area contributed by atoms with Gasteiger partial charge in [0.25, 0.3) is 0 Å². The summed E-state index contributed by atoms with van der Waals surface area (Å²) >= 11 is 0. The Morgan fingerprint density at radius 1 is 0.966 bits per heavy atom. The average Bonchev–Trinajstić information content (AvgIpc) is 2.77. The Morgan fingerprint density at radius 3 is 2.48 bits per heavy atom. The first-order chi connectivity index (χ1) is 14.2. The van der Waals surface area contributed by atoms with Gasteiger partial charge < -0.3 is 9.73 Å². The van der Waals surface area contributed by atoms with Crippen molar-refractivity contribution in [3.05, 3.63) is 112 Å². The minimum atomic E-state index is -0.602. The van der Waals surface area contributed by atoms with Crippen LogP contribution < -0.4 is 10.9 Å². The Balaban J connectivity index is 1.59. The number of fused-ring (bicyclic) bond motifs is 1. The molecule has 0 aliphatic carbocycles. The van der Waals surface area contributed by atoms with Crippen molar-refractivity contribution in [1.29, 1.82) is 0 Å². The number of rotatable bonds is 7. The van der Waals surface area contributed by atoms with E-state index in [1.54, 1.807) is 30.6 Å². The molecule has 2 aromatic heterocycles. The van der Waals surface area contributed by atoms with Gasteiger partial charge in [-0.2, -0.15) is 0 Å². The van der Waals surface area contributed by atoms with Gasteiger partial charge in [0.1, 0.15) is 11.1 Å². The fourth-order valence-corrected chi connectivity index (χ4v) is 3.29. The molecule has 0 saturated heterocycles. The largest absolute Gasteiger partial charge is 0.422 e. The van der Waals surface area contributed by atoms with Gasteiger partial charge in [-0.25, -0.2) is 4.79 Å². The maximum Gasteiger partial charge on any atom is 0.347 e. The fraction of sp³-hybridized carbons (Fsp3) is 0.125. The van der Waals surface area contributed by atoms with Crippen LogP contribution in [0.4, 0.5) is 0 Å². The molecule has 0 aliphatic heterocycles.